The predicted molar refractivity (Wildman–Crippen MR) is 87.1 cm³/mol. The Morgan fingerprint density at radius 1 is 1.24 bits per heavy atom. The lowest BCUT2D eigenvalue weighted by Gasteiger charge is -2.18. The summed E-state index contributed by atoms with van der Waals surface area (Å²) in [4.78, 5) is 0. The molecule has 1 unspecified atom stereocenters. The SMILES string of the molecule is COc1ccc(C)cc1C(C)NCc1ccc(Br)c(F)c1. The lowest BCUT2D eigenvalue weighted by molar-refractivity contribution is 0.401. The molecule has 0 bridgehead atoms. The highest BCUT2D eigenvalue weighted by atomic mass is 79.9. The average molecular weight is 352 g/mol. The van der Waals surface area contributed by atoms with E-state index in [2.05, 4.69) is 41.2 Å². The van der Waals surface area contributed by atoms with E-state index in [9.17, 15) is 4.39 Å². The lowest BCUT2D eigenvalue weighted by atomic mass is 10.0. The summed E-state index contributed by atoms with van der Waals surface area (Å²) in [5.41, 5.74) is 3.21. The molecular formula is C17H19BrFNO. The maximum absolute atomic E-state index is 13.5. The van der Waals surface area contributed by atoms with Crippen molar-refractivity contribution in [2.45, 2.75) is 26.4 Å². The third-order valence-corrected chi connectivity index (χ3v) is 4.09. The van der Waals surface area contributed by atoms with E-state index >= 15 is 0 Å². The summed E-state index contributed by atoms with van der Waals surface area (Å²) >= 11 is 3.16. The molecule has 0 aliphatic rings. The third kappa shape index (κ3) is 4.05. The maximum atomic E-state index is 13.5. The number of halogens is 2. The molecule has 0 heterocycles. The molecule has 2 aromatic rings. The summed E-state index contributed by atoms with van der Waals surface area (Å²) in [6, 6.07) is 11.4. The van der Waals surface area contributed by atoms with Crippen LogP contribution in [-0.2, 0) is 6.54 Å². The van der Waals surface area contributed by atoms with Crippen molar-refractivity contribution in [3.63, 3.8) is 0 Å². The van der Waals surface area contributed by atoms with Gasteiger partial charge in [-0.25, -0.2) is 4.39 Å². The second kappa shape index (κ2) is 7.05. The first-order valence-corrected chi connectivity index (χ1v) is 7.62. The molecule has 0 spiro atoms. The van der Waals surface area contributed by atoms with Crippen LogP contribution in [0.4, 0.5) is 4.39 Å². The fraction of sp³-hybridized carbons (Fsp3) is 0.294. The fourth-order valence-electron chi connectivity index (χ4n) is 2.22. The Morgan fingerprint density at radius 2 is 2.00 bits per heavy atom. The van der Waals surface area contributed by atoms with E-state index in [4.69, 9.17) is 4.74 Å². The Balaban J connectivity index is 2.09. The number of aryl methyl sites for hydroxylation is 1. The second-order valence-electron chi connectivity index (χ2n) is 5.10. The number of nitrogens with one attached hydrogen (secondary N) is 1. The van der Waals surface area contributed by atoms with E-state index in [0.717, 1.165) is 16.9 Å². The van der Waals surface area contributed by atoms with Gasteiger partial charge in [-0.05, 0) is 53.5 Å². The van der Waals surface area contributed by atoms with Crippen molar-refractivity contribution in [1.29, 1.82) is 0 Å². The third-order valence-electron chi connectivity index (χ3n) is 3.45. The van der Waals surface area contributed by atoms with Gasteiger partial charge in [0, 0.05) is 18.2 Å². The summed E-state index contributed by atoms with van der Waals surface area (Å²) in [6.07, 6.45) is 0. The van der Waals surface area contributed by atoms with Crippen molar-refractivity contribution < 1.29 is 9.13 Å². The van der Waals surface area contributed by atoms with Crippen LogP contribution in [-0.4, -0.2) is 7.11 Å². The molecule has 0 aliphatic carbocycles. The molecular weight excluding hydrogens is 333 g/mol. The van der Waals surface area contributed by atoms with Crippen LogP contribution in [0.15, 0.2) is 40.9 Å². The van der Waals surface area contributed by atoms with Crippen LogP contribution in [0.25, 0.3) is 0 Å². The normalized spacial score (nSPS) is 12.2. The van der Waals surface area contributed by atoms with E-state index in [1.54, 1.807) is 13.2 Å². The monoisotopic (exact) mass is 351 g/mol. The molecule has 0 saturated heterocycles. The molecule has 0 saturated carbocycles. The zero-order valence-electron chi connectivity index (χ0n) is 12.4. The highest BCUT2D eigenvalue weighted by molar-refractivity contribution is 9.10. The minimum absolute atomic E-state index is 0.117. The maximum Gasteiger partial charge on any atom is 0.137 e. The number of ether oxygens (including phenoxy) is 1. The Bertz CT molecular complexity index is 630. The van der Waals surface area contributed by atoms with Crippen LogP contribution in [0.1, 0.15) is 29.7 Å². The van der Waals surface area contributed by atoms with Crippen LogP contribution in [0, 0.1) is 12.7 Å². The van der Waals surface area contributed by atoms with E-state index in [0.29, 0.717) is 11.0 Å². The first-order valence-electron chi connectivity index (χ1n) is 6.83. The Kier molecular flexibility index (Phi) is 5.37. The first kappa shape index (κ1) is 16.0. The quantitative estimate of drug-likeness (QED) is 0.838. The molecule has 0 aromatic heterocycles. The minimum atomic E-state index is -0.241. The van der Waals surface area contributed by atoms with Crippen LogP contribution in [0.3, 0.4) is 0 Å². The molecule has 112 valence electrons. The van der Waals surface area contributed by atoms with Crippen molar-refractivity contribution in [3.05, 3.63) is 63.4 Å². The van der Waals surface area contributed by atoms with Crippen molar-refractivity contribution in [1.82, 2.24) is 5.32 Å². The van der Waals surface area contributed by atoms with Gasteiger partial charge in [0.05, 0.1) is 11.6 Å². The number of hydrogen-bond acceptors (Lipinski definition) is 2. The number of hydrogen-bond donors (Lipinski definition) is 1. The van der Waals surface area contributed by atoms with Crippen LogP contribution < -0.4 is 10.1 Å². The zero-order valence-corrected chi connectivity index (χ0v) is 14.0. The largest absolute Gasteiger partial charge is 0.496 e. The molecule has 1 N–H and O–H groups in total. The van der Waals surface area contributed by atoms with Gasteiger partial charge in [0.2, 0.25) is 0 Å². The number of methoxy groups -OCH3 is 1. The van der Waals surface area contributed by atoms with Crippen LogP contribution in [0.5, 0.6) is 5.75 Å². The molecule has 4 heteroatoms. The standard InChI is InChI=1S/C17H19BrFNO/c1-11-4-7-17(21-3)14(8-11)12(2)20-10-13-5-6-15(18)16(19)9-13/h4-9,12,20H,10H2,1-3H3. The van der Waals surface area contributed by atoms with Crippen LogP contribution in [0.2, 0.25) is 0 Å². The van der Waals surface area contributed by atoms with E-state index < -0.39 is 0 Å². The minimum Gasteiger partial charge on any atom is -0.496 e. The van der Waals surface area contributed by atoms with Gasteiger partial charge < -0.3 is 10.1 Å². The molecule has 2 nitrogen and oxygen atoms in total. The second-order valence-corrected chi connectivity index (χ2v) is 5.95. The zero-order chi connectivity index (χ0) is 15.4. The Morgan fingerprint density at radius 3 is 2.67 bits per heavy atom. The molecule has 0 radical (unpaired) electrons. The molecule has 1 atom stereocenters. The van der Waals surface area contributed by atoms with Gasteiger partial charge in [-0.15, -0.1) is 0 Å². The van der Waals surface area contributed by atoms with Gasteiger partial charge in [-0.1, -0.05) is 23.8 Å². The molecule has 21 heavy (non-hydrogen) atoms. The van der Waals surface area contributed by atoms with Gasteiger partial charge in [-0.2, -0.15) is 0 Å². The van der Waals surface area contributed by atoms with Crippen molar-refractivity contribution in [2.75, 3.05) is 7.11 Å². The van der Waals surface area contributed by atoms with E-state index in [1.807, 2.05) is 18.2 Å². The topological polar surface area (TPSA) is 21.3 Å². The summed E-state index contributed by atoms with van der Waals surface area (Å²) in [5.74, 6) is 0.623. The Hall–Kier alpha value is -1.39. The van der Waals surface area contributed by atoms with Gasteiger partial charge in [0.15, 0.2) is 0 Å². The van der Waals surface area contributed by atoms with E-state index in [1.165, 1.54) is 11.6 Å². The smallest absolute Gasteiger partial charge is 0.137 e. The summed E-state index contributed by atoms with van der Waals surface area (Å²) < 4.78 is 19.4. The van der Waals surface area contributed by atoms with Crippen molar-refractivity contribution >= 4 is 15.9 Å². The highest BCUT2D eigenvalue weighted by Crippen LogP contribution is 2.26. The summed E-state index contributed by atoms with van der Waals surface area (Å²) in [5, 5.41) is 3.40. The van der Waals surface area contributed by atoms with Crippen molar-refractivity contribution in [2.24, 2.45) is 0 Å². The predicted octanol–water partition coefficient (Wildman–Crippen LogP) is 4.76. The van der Waals surface area contributed by atoms with Crippen LogP contribution >= 0.6 is 15.9 Å². The molecule has 2 aromatic carbocycles. The number of rotatable bonds is 5. The highest BCUT2D eigenvalue weighted by Gasteiger charge is 2.11. The Labute approximate surface area is 133 Å². The summed E-state index contributed by atoms with van der Waals surface area (Å²) in [6.45, 7) is 4.73. The average Bonchev–Trinajstić information content (AvgIpc) is 2.48. The van der Waals surface area contributed by atoms with Crippen molar-refractivity contribution in [3.8, 4) is 5.75 Å². The first-order chi connectivity index (χ1) is 10.0. The number of benzene rings is 2. The fourth-order valence-corrected chi connectivity index (χ4v) is 2.47. The molecule has 2 rings (SSSR count). The molecule has 0 amide bonds. The molecule has 0 fully saturated rings. The lowest BCUT2D eigenvalue weighted by Crippen LogP contribution is -2.19. The van der Waals surface area contributed by atoms with Gasteiger partial charge in [-0.3, -0.25) is 0 Å². The van der Waals surface area contributed by atoms with Gasteiger partial charge >= 0.3 is 0 Å². The molecule has 0 aliphatic heterocycles. The summed E-state index contributed by atoms with van der Waals surface area (Å²) in [7, 11) is 1.67. The van der Waals surface area contributed by atoms with E-state index in [-0.39, 0.29) is 11.9 Å². The van der Waals surface area contributed by atoms with Gasteiger partial charge in [0.1, 0.15) is 11.6 Å². The van der Waals surface area contributed by atoms with Gasteiger partial charge in [0.25, 0.3) is 0 Å².